The fourth-order valence-electron chi connectivity index (χ4n) is 2.42. The van der Waals surface area contributed by atoms with Gasteiger partial charge in [-0.3, -0.25) is 10.1 Å². The van der Waals surface area contributed by atoms with E-state index in [-0.39, 0.29) is 5.91 Å². The second kappa shape index (κ2) is 5.26. The molecule has 3 rings (SSSR count). The minimum atomic E-state index is -0.107. The molecule has 0 aliphatic carbocycles. The van der Waals surface area contributed by atoms with E-state index in [2.05, 4.69) is 15.2 Å². The van der Waals surface area contributed by atoms with Gasteiger partial charge in [-0.2, -0.15) is 0 Å². The summed E-state index contributed by atoms with van der Waals surface area (Å²) in [5.74, 6) is 0.608. The van der Waals surface area contributed by atoms with Gasteiger partial charge < -0.3 is 4.90 Å². The van der Waals surface area contributed by atoms with Crippen molar-refractivity contribution in [2.45, 2.75) is 19.3 Å². The van der Waals surface area contributed by atoms with Gasteiger partial charge in [0.1, 0.15) is 5.70 Å². The number of nitrogens with one attached hydrogen (secondary N) is 1. The Bertz CT molecular complexity index is 528. The Morgan fingerprint density at radius 3 is 2.58 bits per heavy atom. The first-order valence-electron chi connectivity index (χ1n) is 6.75. The van der Waals surface area contributed by atoms with Crippen LogP contribution in [0.4, 0.5) is 0 Å². The lowest BCUT2D eigenvalue weighted by Gasteiger charge is -2.27. The van der Waals surface area contributed by atoms with Gasteiger partial charge in [-0.15, -0.1) is 0 Å². The molecule has 1 aromatic rings. The molecular formula is C15H17N3O. The van der Waals surface area contributed by atoms with Gasteiger partial charge in [-0.25, -0.2) is 4.99 Å². The predicted octanol–water partition coefficient (Wildman–Crippen LogP) is 2.00. The summed E-state index contributed by atoms with van der Waals surface area (Å²) in [6, 6.07) is 9.80. The van der Waals surface area contributed by atoms with Gasteiger partial charge in [-0.05, 0) is 30.9 Å². The van der Waals surface area contributed by atoms with Crippen LogP contribution in [0.3, 0.4) is 0 Å². The third-order valence-electron chi connectivity index (χ3n) is 3.44. The maximum Gasteiger partial charge on any atom is 0.276 e. The Labute approximate surface area is 112 Å². The quantitative estimate of drug-likeness (QED) is 0.780. The highest BCUT2D eigenvalue weighted by Crippen LogP contribution is 2.16. The summed E-state index contributed by atoms with van der Waals surface area (Å²) in [7, 11) is 0. The van der Waals surface area contributed by atoms with Crippen molar-refractivity contribution in [3.63, 3.8) is 0 Å². The van der Waals surface area contributed by atoms with Crippen LogP contribution in [-0.4, -0.2) is 29.9 Å². The molecule has 1 N–H and O–H groups in total. The van der Waals surface area contributed by atoms with Gasteiger partial charge in [0.25, 0.3) is 5.91 Å². The van der Waals surface area contributed by atoms with E-state index in [1.54, 1.807) is 0 Å². The Kier molecular flexibility index (Phi) is 3.31. The molecule has 1 saturated heterocycles. The molecule has 1 amide bonds. The van der Waals surface area contributed by atoms with E-state index < -0.39 is 0 Å². The number of hydrogen-bond donors (Lipinski definition) is 1. The number of aliphatic imine (C=N–C) groups is 1. The molecule has 4 nitrogen and oxygen atoms in total. The van der Waals surface area contributed by atoms with Crippen LogP contribution in [0.2, 0.25) is 0 Å². The summed E-state index contributed by atoms with van der Waals surface area (Å²) in [6.07, 6.45) is 5.44. The Balaban J connectivity index is 1.81. The van der Waals surface area contributed by atoms with Crippen LogP contribution >= 0.6 is 0 Å². The summed E-state index contributed by atoms with van der Waals surface area (Å²) in [4.78, 5) is 18.5. The minimum Gasteiger partial charge on any atom is -0.342 e. The number of rotatable bonds is 1. The van der Waals surface area contributed by atoms with Crippen molar-refractivity contribution >= 4 is 17.9 Å². The maximum absolute atomic E-state index is 11.9. The Hall–Kier alpha value is -2.10. The monoisotopic (exact) mass is 255 g/mol. The summed E-state index contributed by atoms with van der Waals surface area (Å²) in [5.41, 5.74) is 1.49. The lowest BCUT2D eigenvalue weighted by atomic mass is 10.1. The second-order valence-electron chi connectivity index (χ2n) is 4.88. The molecule has 0 bridgehead atoms. The molecule has 0 atom stereocenters. The highest BCUT2D eigenvalue weighted by Gasteiger charge is 2.25. The summed E-state index contributed by atoms with van der Waals surface area (Å²) >= 11 is 0. The fourth-order valence-corrected chi connectivity index (χ4v) is 2.42. The zero-order valence-corrected chi connectivity index (χ0v) is 10.8. The first kappa shape index (κ1) is 12.0. The molecule has 19 heavy (non-hydrogen) atoms. The van der Waals surface area contributed by atoms with Gasteiger partial charge in [0.2, 0.25) is 5.96 Å². The van der Waals surface area contributed by atoms with Crippen LogP contribution in [-0.2, 0) is 4.79 Å². The van der Waals surface area contributed by atoms with Gasteiger partial charge in [0.05, 0.1) is 0 Å². The SMILES string of the molecule is O=C1NC(N2CCCCC2)=N/C1=C/c1ccccc1. The number of nitrogens with zero attached hydrogens (tertiary/aromatic N) is 2. The first-order chi connectivity index (χ1) is 9.33. The van der Waals surface area contributed by atoms with E-state index in [4.69, 9.17) is 0 Å². The Morgan fingerprint density at radius 2 is 1.84 bits per heavy atom. The maximum atomic E-state index is 11.9. The van der Waals surface area contributed by atoms with Crippen LogP contribution in [0.15, 0.2) is 41.0 Å². The molecule has 0 unspecified atom stereocenters. The molecule has 1 fully saturated rings. The molecule has 0 aromatic heterocycles. The highest BCUT2D eigenvalue weighted by atomic mass is 16.2. The summed E-state index contributed by atoms with van der Waals surface area (Å²) in [6.45, 7) is 1.97. The van der Waals surface area contributed by atoms with Crippen molar-refractivity contribution in [1.82, 2.24) is 10.2 Å². The number of amides is 1. The van der Waals surface area contributed by atoms with E-state index in [1.165, 1.54) is 19.3 Å². The fraction of sp³-hybridized carbons (Fsp3) is 0.333. The van der Waals surface area contributed by atoms with E-state index in [9.17, 15) is 4.79 Å². The minimum absolute atomic E-state index is 0.107. The number of likely N-dealkylation sites (tertiary alicyclic amines) is 1. The molecule has 2 heterocycles. The normalized spacial score (nSPS) is 21.5. The van der Waals surface area contributed by atoms with Crippen molar-refractivity contribution in [3.8, 4) is 0 Å². The van der Waals surface area contributed by atoms with Gasteiger partial charge in [0, 0.05) is 13.1 Å². The van der Waals surface area contributed by atoms with Crippen molar-refractivity contribution in [3.05, 3.63) is 41.6 Å². The molecule has 1 aromatic carbocycles. The standard InChI is InChI=1S/C15H17N3O/c19-14-13(11-12-7-3-1-4-8-12)16-15(17-14)18-9-5-2-6-10-18/h1,3-4,7-8,11H,2,5-6,9-10H2,(H,16,17,19)/b13-11+. The van der Waals surface area contributed by atoms with E-state index in [0.717, 1.165) is 18.7 Å². The number of piperidine rings is 1. The number of carbonyl (C=O) groups is 1. The van der Waals surface area contributed by atoms with Gasteiger partial charge in [0.15, 0.2) is 0 Å². The van der Waals surface area contributed by atoms with Gasteiger partial charge in [-0.1, -0.05) is 30.3 Å². The molecule has 2 aliphatic rings. The summed E-state index contributed by atoms with van der Waals surface area (Å²) in [5, 5.41) is 2.86. The molecule has 0 saturated carbocycles. The Morgan fingerprint density at radius 1 is 1.11 bits per heavy atom. The third kappa shape index (κ3) is 2.67. The van der Waals surface area contributed by atoms with Crippen molar-refractivity contribution < 1.29 is 4.79 Å². The average molecular weight is 255 g/mol. The third-order valence-corrected chi connectivity index (χ3v) is 3.44. The lowest BCUT2D eigenvalue weighted by Crippen LogP contribution is -2.43. The molecule has 0 radical (unpaired) electrons. The number of benzene rings is 1. The molecule has 4 heteroatoms. The smallest absolute Gasteiger partial charge is 0.276 e. The van der Waals surface area contributed by atoms with E-state index >= 15 is 0 Å². The summed E-state index contributed by atoms with van der Waals surface area (Å²) < 4.78 is 0. The van der Waals surface area contributed by atoms with Crippen molar-refractivity contribution in [2.24, 2.45) is 4.99 Å². The van der Waals surface area contributed by atoms with Crippen LogP contribution in [0.1, 0.15) is 24.8 Å². The molecule has 2 aliphatic heterocycles. The molecule has 0 spiro atoms. The van der Waals surface area contributed by atoms with Crippen LogP contribution in [0.25, 0.3) is 6.08 Å². The predicted molar refractivity (Wildman–Crippen MR) is 75.4 cm³/mol. The topological polar surface area (TPSA) is 44.7 Å². The molecule has 98 valence electrons. The van der Waals surface area contributed by atoms with Crippen LogP contribution < -0.4 is 5.32 Å². The van der Waals surface area contributed by atoms with Gasteiger partial charge >= 0.3 is 0 Å². The number of hydrogen-bond acceptors (Lipinski definition) is 3. The average Bonchev–Trinajstić information content (AvgIpc) is 2.82. The largest absolute Gasteiger partial charge is 0.342 e. The lowest BCUT2D eigenvalue weighted by molar-refractivity contribution is -0.115. The van der Waals surface area contributed by atoms with E-state index in [0.29, 0.717) is 11.7 Å². The van der Waals surface area contributed by atoms with Crippen molar-refractivity contribution in [2.75, 3.05) is 13.1 Å². The number of guanidine groups is 1. The second-order valence-corrected chi connectivity index (χ2v) is 4.88. The van der Waals surface area contributed by atoms with Crippen LogP contribution in [0.5, 0.6) is 0 Å². The highest BCUT2D eigenvalue weighted by molar-refractivity contribution is 6.13. The molecular weight excluding hydrogens is 238 g/mol. The first-order valence-corrected chi connectivity index (χ1v) is 6.75. The van der Waals surface area contributed by atoms with E-state index in [1.807, 2.05) is 36.4 Å². The van der Waals surface area contributed by atoms with Crippen LogP contribution in [0, 0.1) is 0 Å². The zero-order valence-electron chi connectivity index (χ0n) is 10.8. The number of carbonyl (C=O) groups excluding carboxylic acids is 1. The van der Waals surface area contributed by atoms with Crippen molar-refractivity contribution in [1.29, 1.82) is 0 Å². The zero-order chi connectivity index (χ0) is 13.1.